The number of rotatable bonds is 3. The molecule has 2 aromatic carbocycles. The summed E-state index contributed by atoms with van der Waals surface area (Å²) in [5, 5.41) is 2.90. The predicted molar refractivity (Wildman–Crippen MR) is 85.8 cm³/mol. The van der Waals surface area contributed by atoms with E-state index in [9.17, 15) is 13.2 Å². The highest BCUT2D eigenvalue weighted by molar-refractivity contribution is 7.92. The quantitative estimate of drug-likeness (QED) is 0.904. The molecule has 7 heteroatoms. The van der Waals surface area contributed by atoms with Crippen molar-refractivity contribution in [3.63, 3.8) is 0 Å². The van der Waals surface area contributed by atoms with E-state index >= 15 is 0 Å². The molecular weight excluding hydrogens is 324 g/mol. The standard InChI is InChI=1S/C15H13ClN2O3S/c1-9-2-4-11(5-3-9)22(20,21)18-14-6-10-7-15(19)17-13(10)8-12(14)16/h2-6,8,18H,7H2,1H3,(H,17,19). The van der Waals surface area contributed by atoms with Crippen molar-refractivity contribution in [2.24, 2.45) is 0 Å². The normalized spacial score (nSPS) is 13.6. The monoisotopic (exact) mass is 336 g/mol. The SMILES string of the molecule is Cc1ccc(S(=O)(=O)Nc2cc3c(cc2Cl)NC(=O)C3)cc1. The van der Waals surface area contributed by atoms with Crippen LogP contribution < -0.4 is 10.0 Å². The molecule has 2 N–H and O–H groups in total. The molecule has 2 aromatic rings. The van der Waals surface area contributed by atoms with Gasteiger partial charge in [-0.1, -0.05) is 29.3 Å². The van der Waals surface area contributed by atoms with Gasteiger partial charge in [0.1, 0.15) is 0 Å². The zero-order valence-corrected chi connectivity index (χ0v) is 13.3. The maximum atomic E-state index is 12.4. The summed E-state index contributed by atoms with van der Waals surface area (Å²) in [6, 6.07) is 9.65. The topological polar surface area (TPSA) is 75.3 Å². The van der Waals surface area contributed by atoms with Gasteiger partial charge in [0, 0.05) is 5.69 Å². The summed E-state index contributed by atoms with van der Waals surface area (Å²) in [6.07, 6.45) is 0.214. The van der Waals surface area contributed by atoms with E-state index < -0.39 is 10.0 Å². The second-order valence-corrected chi connectivity index (χ2v) is 7.22. The molecule has 0 aliphatic carbocycles. The van der Waals surface area contributed by atoms with Gasteiger partial charge in [-0.05, 0) is 36.8 Å². The molecule has 0 spiro atoms. The highest BCUT2D eigenvalue weighted by Gasteiger charge is 2.22. The van der Waals surface area contributed by atoms with E-state index in [0.29, 0.717) is 5.69 Å². The number of benzene rings is 2. The zero-order valence-electron chi connectivity index (χ0n) is 11.7. The summed E-state index contributed by atoms with van der Waals surface area (Å²) >= 11 is 6.10. The van der Waals surface area contributed by atoms with Crippen molar-refractivity contribution < 1.29 is 13.2 Å². The first-order valence-corrected chi connectivity index (χ1v) is 8.43. The smallest absolute Gasteiger partial charge is 0.261 e. The molecule has 0 unspecified atom stereocenters. The molecule has 0 atom stereocenters. The van der Waals surface area contributed by atoms with Crippen LogP contribution in [0.1, 0.15) is 11.1 Å². The van der Waals surface area contributed by atoms with E-state index in [4.69, 9.17) is 11.6 Å². The third-order valence-corrected chi connectivity index (χ3v) is 5.09. The number of fused-ring (bicyclic) bond motifs is 1. The van der Waals surface area contributed by atoms with Crippen LogP contribution in [-0.4, -0.2) is 14.3 Å². The third-order valence-electron chi connectivity index (χ3n) is 3.39. The van der Waals surface area contributed by atoms with E-state index in [2.05, 4.69) is 10.0 Å². The lowest BCUT2D eigenvalue weighted by Gasteiger charge is -2.11. The van der Waals surface area contributed by atoms with Crippen LogP contribution in [0.2, 0.25) is 5.02 Å². The average molecular weight is 337 g/mol. The Morgan fingerprint density at radius 2 is 1.86 bits per heavy atom. The van der Waals surface area contributed by atoms with Crippen LogP contribution in [0.5, 0.6) is 0 Å². The first-order valence-electron chi connectivity index (χ1n) is 6.57. The number of carbonyl (C=O) groups is 1. The molecule has 114 valence electrons. The minimum atomic E-state index is -3.72. The first-order chi connectivity index (χ1) is 10.3. The molecule has 1 amide bonds. The predicted octanol–water partition coefficient (Wildman–Crippen LogP) is 2.94. The Morgan fingerprint density at radius 3 is 2.55 bits per heavy atom. The summed E-state index contributed by atoms with van der Waals surface area (Å²) in [5.74, 6) is -0.135. The van der Waals surface area contributed by atoms with Gasteiger partial charge in [-0.25, -0.2) is 8.42 Å². The minimum absolute atomic E-state index is 0.135. The van der Waals surface area contributed by atoms with Crippen LogP contribution in [0.4, 0.5) is 11.4 Å². The number of amides is 1. The van der Waals surface area contributed by atoms with E-state index in [1.807, 2.05) is 6.92 Å². The molecular formula is C15H13ClN2O3S. The summed E-state index contributed by atoms with van der Waals surface area (Å²) in [4.78, 5) is 11.5. The molecule has 22 heavy (non-hydrogen) atoms. The number of carbonyl (C=O) groups excluding carboxylic acids is 1. The Bertz CT molecular complexity index is 861. The third kappa shape index (κ3) is 2.80. The summed E-state index contributed by atoms with van der Waals surface area (Å²) in [5.41, 5.74) is 2.57. The summed E-state index contributed by atoms with van der Waals surface area (Å²) < 4.78 is 27.2. The van der Waals surface area contributed by atoms with E-state index in [1.54, 1.807) is 24.3 Å². The Hall–Kier alpha value is -2.05. The molecule has 0 saturated carbocycles. The van der Waals surface area contributed by atoms with Crippen LogP contribution >= 0.6 is 11.6 Å². The Balaban J connectivity index is 1.95. The zero-order chi connectivity index (χ0) is 15.9. The molecule has 1 aliphatic heterocycles. The van der Waals surface area contributed by atoms with Gasteiger partial charge < -0.3 is 5.32 Å². The van der Waals surface area contributed by atoms with E-state index in [1.165, 1.54) is 12.1 Å². The number of hydrogen-bond acceptors (Lipinski definition) is 3. The lowest BCUT2D eigenvalue weighted by molar-refractivity contribution is -0.115. The van der Waals surface area contributed by atoms with Crippen molar-refractivity contribution in [1.82, 2.24) is 0 Å². The summed E-state index contributed by atoms with van der Waals surface area (Å²) in [7, 11) is -3.72. The van der Waals surface area contributed by atoms with Crippen molar-refractivity contribution in [3.05, 3.63) is 52.5 Å². The van der Waals surface area contributed by atoms with Gasteiger partial charge >= 0.3 is 0 Å². The first kappa shape index (κ1) is 14.9. The molecule has 1 heterocycles. The van der Waals surface area contributed by atoms with Crippen LogP contribution in [0.15, 0.2) is 41.3 Å². The number of sulfonamides is 1. The van der Waals surface area contributed by atoms with Crippen LogP contribution in [-0.2, 0) is 21.2 Å². The minimum Gasteiger partial charge on any atom is -0.325 e. The highest BCUT2D eigenvalue weighted by Crippen LogP contribution is 2.33. The molecule has 3 rings (SSSR count). The molecule has 0 fully saturated rings. The number of aryl methyl sites for hydroxylation is 1. The van der Waals surface area contributed by atoms with Crippen molar-refractivity contribution >= 4 is 38.9 Å². The second kappa shape index (κ2) is 5.30. The van der Waals surface area contributed by atoms with E-state index in [-0.39, 0.29) is 27.9 Å². The molecule has 0 aromatic heterocycles. The van der Waals surface area contributed by atoms with Gasteiger partial charge in [-0.15, -0.1) is 0 Å². The Morgan fingerprint density at radius 1 is 1.18 bits per heavy atom. The lowest BCUT2D eigenvalue weighted by atomic mass is 10.1. The van der Waals surface area contributed by atoms with Gasteiger partial charge in [0.05, 0.1) is 22.0 Å². The van der Waals surface area contributed by atoms with Gasteiger partial charge in [-0.2, -0.15) is 0 Å². The highest BCUT2D eigenvalue weighted by atomic mass is 35.5. The largest absolute Gasteiger partial charge is 0.325 e. The Kier molecular flexibility index (Phi) is 3.58. The fourth-order valence-corrected chi connectivity index (χ4v) is 3.58. The number of nitrogens with one attached hydrogen (secondary N) is 2. The summed E-state index contributed by atoms with van der Waals surface area (Å²) in [6.45, 7) is 1.88. The van der Waals surface area contributed by atoms with Crippen LogP contribution in [0.25, 0.3) is 0 Å². The van der Waals surface area contributed by atoms with Crippen LogP contribution in [0, 0.1) is 6.92 Å². The van der Waals surface area contributed by atoms with Crippen molar-refractivity contribution in [1.29, 1.82) is 0 Å². The van der Waals surface area contributed by atoms with Gasteiger partial charge in [0.15, 0.2) is 0 Å². The van der Waals surface area contributed by atoms with Gasteiger partial charge in [0.25, 0.3) is 10.0 Å². The van der Waals surface area contributed by atoms with Crippen molar-refractivity contribution in [3.8, 4) is 0 Å². The lowest BCUT2D eigenvalue weighted by Crippen LogP contribution is -2.13. The van der Waals surface area contributed by atoms with Crippen molar-refractivity contribution in [2.45, 2.75) is 18.2 Å². The molecule has 0 radical (unpaired) electrons. The van der Waals surface area contributed by atoms with Crippen molar-refractivity contribution in [2.75, 3.05) is 10.0 Å². The molecule has 1 aliphatic rings. The molecule has 5 nitrogen and oxygen atoms in total. The second-order valence-electron chi connectivity index (χ2n) is 5.13. The van der Waals surface area contributed by atoms with Gasteiger partial charge in [-0.3, -0.25) is 9.52 Å². The average Bonchev–Trinajstić information content (AvgIpc) is 2.78. The van der Waals surface area contributed by atoms with Gasteiger partial charge in [0.2, 0.25) is 5.91 Å². The number of hydrogen-bond donors (Lipinski definition) is 2. The molecule has 0 saturated heterocycles. The maximum Gasteiger partial charge on any atom is 0.261 e. The molecule has 0 bridgehead atoms. The van der Waals surface area contributed by atoms with E-state index in [0.717, 1.165) is 11.1 Å². The maximum absolute atomic E-state index is 12.4. The number of anilines is 2. The Labute approximate surface area is 133 Å². The fraction of sp³-hybridized carbons (Fsp3) is 0.133. The fourth-order valence-electron chi connectivity index (χ4n) is 2.25. The number of halogens is 1. The van der Waals surface area contributed by atoms with Crippen LogP contribution in [0.3, 0.4) is 0 Å².